The van der Waals surface area contributed by atoms with E-state index in [1.807, 2.05) is 38.1 Å². The van der Waals surface area contributed by atoms with Gasteiger partial charge < -0.3 is 5.32 Å². The van der Waals surface area contributed by atoms with Crippen LogP contribution in [0.3, 0.4) is 0 Å². The number of benzene rings is 2. The predicted molar refractivity (Wildman–Crippen MR) is 100 cm³/mol. The Labute approximate surface area is 155 Å². The number of nitrogens with zero attached hydrogens (tertiary/aromatic N) is 2. The Morgan fingerprint density at radius 2 is 1.88 bits per heavy atom. The number of aromatic nitrogens is 3. The number of hydrogen-bond acceptors (Lipinski definition) is 4. The van der Waals surface area contributed by atoms with E-state index in [2.05, 4.69) is 20.5 Å². The number of nitrogens with one attached hydrogen (secondary N) is 2. The largest absolute Gasteiger partial charge is 0.349 e. The highest BCUT2D eigenvalue weighted by Crippen LogP contribution is 2.20. The molecule has 0 aliphatic rings. The van der Waals surface area contributed by atoms with Crippen LogP contribution in [-0.4, -0.2) is 26.8 Å². The molecule has 134 valence electrons. The molecule has 1 unspecified atom stereocenters. The van der Waals surface area contributed by atoms with Crippen molar-refractivity contribution in [1.82, 2.24) is 20.5 Å². The van der Waals surface area contributed by atoms with E-state index in [1.165, 1.54) is 29.5 Å². The molecular weight excluding hydrogens is 351 g/mol. The molecule has 2 N–H and O–H groups in total. The molecule has 3 aromatic rings. The zero-order chi connectivity index (χ0) is 18.5. The van der Waals surface area contributed by atoms with Crippen LogP contribution >= 0.6 is 11.8 Å². The molecule has 7 heteroatoms. The van der Waals surface area contributed by atoms with Crippen LogP contribution in [0.4, 0.5) is 4.39 Å². The number of thioether (sulfide) groups is 1. The average Bonchev–Trinajstić information content (AvgIpc) is 3.10. The fourth-order valence-corrected chi connectivity index (χ4v) is 3.01. The van der Waals surface area contributed by atoms with Crippen molar-refractivity contribution in [2.45, 2.75) is 25.0 Å². The van der Waals surface area contributed by atoms with E-state index in [4.69, 9.17) is 0 Å². The van der Waals surface area contributed by atoms with Crippen molar-refractivity contribution in [3.05, 3.63) is 65.5 Å². The second-order valence-corrected chi connectivity index (χ2v) is 6.90. The van der Waals surface area contributed by atoms with Gasteiger partial charge in [0.1, 0.15) is 5.82 Å². The predicted octanol–water partition coefficient (Wildman–Crippen LogP) is 3.89. The van der Waals surface area contributed by atoms with Crippen LogP contribution in [0.15, 0.2) is 53.7 Å². The quantitative estimate of drug-likeness (QED) is 0.646. The molecule has 1 atom stereocenters. The number of amides is 1. The fraction of sp³-hybridized carbons (Fsp3) is 0.211. The van der Waals surface area contributed by atoms with Crippen molar-refractivity contribution in [2.24, 2.45) is 0 Å². The Morgan fingerprint density at radius 1 is 1.19 bits per heavy atom. The third kappa shape index (κ3) is 4.70. The summed E-state index contributed by atoms with van der Waals surface area (Å²) in [5, 5.41) is 10.4. The first kappa shape index (κ1) is 18.1. The zero-order valence-corrected chi connectivity index (χ0v) is 15.3. The topological polar surface area (TPSA) is 70.7 Å². The van der Waals surface area contributed by atoms with Gasteiger partial charge in [0.05, 0.1) is 11.8 Å². The minimum Gasteiger partial charge on any atom is -0.349 e. The molecule has 0 fully saturated rings. The third-order valence-corrected chi connectivity index (χ3v) is 4.72. The van der Waals surface area contributed by atoms with E-state index in [9.17, 15) is 9.18 Å². The number of rotatable bonds is 6. The number of aromatic amines is 1. The third-order valence-electron chi connectivity index (χ3n) is 3.87. The summed E-state index contributed by atoms with van der Waals surface area (Å²) in [5.41, 5.74) is 2.98. The lowest BCUT2D eigenvalue weighted by Crippen LogP contribution is -2.28. The fourth-order valence-electron chi connectivity index (χ4n) is 2.40. The van der Waals surface area contributed by atoms with Crippen LogP contribution in [-0.2, 0) is 4.79 Å². The van der Waals surface area contributed by atoms with Crippen molar-refractivity contribution in [3.63, 3.8) is 0 Å². The number of carbonyl (C=O) groups is 1. The van der Waals surface area contributed by atoms with Crippen LogP contribution < -0.4 is 5.32 Å². The average molecular weight is 370 g/mol. The molecule has 26 heavy (non-hydrogen) atoms. The van der Waals surface area contributed by atoms with Gasteiger partial charge in [-0.05, 0) is 31.5 Å². The summed E-state index contributed by atoms with van der Waals surface area (Å²) in [6, 6.07) is 13.9. The number of H-pyrrole nitrogens is 1. The SMILES string of the molecule is Cc1ccc(-c2nc(SCC(=O)NC(C)c3ccc(F)cc3)n[nH]2)cc1. The standard InChI is InChI=1S/C19H19FN4OS/c1-12-3-5-15(6-4-12)18-22-19(24-23-18)26-11-17(25)21-13(2)14-7-9-16(20)10-8-14/h3-10,13H,11H2,1-2H3,(H,21,25)(H,22,23,24). The normalized spacial score (nSPS) is 12.0. The van der Waals surface area contributed by atoms with Gasteiger partial charge in [-0.2, -0.15) is 0 Å². The van der Waals surface area contributed by atoms with Gasteiger partial charge in [0.2, 0.25) is 11.1 Å². The van der Waals surface area contributed by atoms with Gasteiger partial charge in [-0.1, -0.05) is 53.7 Å². The minimum atomic E-state index is -0.295. The summed E-state index contributed by atoms with van der Waals surface area (Å²) < 4.78 is 13.0. The lowest BCUT2D eigenvalue weighted by molar-refractivity contribution is -0.119. The summed E-state index contributed by atoms with van der Waals surface area (Å²) in [6.45, 7) is 3.88. The summed E-state index contributed by atoms with van der Waals surface area (Å²) in [4.78, 5) is 16.5. The molecule has 1 amide bonds. The molecular formula is C19H19FN4OS. The summed E-state index contributed by atoms with van der Waals surface area (Å²) in [7, 11) is 0. The zero-order valence-electron chi connectivity index (χ0n) is 14.5. The number of halogens is 1. The highest BCUT2D eigenvalue weighted by molar-refractivity contribution is 7.99. The van der Waals surface area contributed by atoms with E-state index >= 15 is 0 Å². The molecule has 0 spiro atoms. The van der Waals surface area contributed by atoms with Gasteiger partial charge in [-0.15, -0.1) is 5.10 Å². The molecule has 0 saturated heterocycles. The van der Waals surface area contributed by atoms with Crippen LogP contribution in [0, 0.1) is 12.7 Å². The highest BCUT2D eigenvalue weighted by Gasteiger charge is 2.12. The Hall–Kier alpha value is -2.67. The second kappa shape index (κ2) is 8.14. The maximum absolute atomic E-state index is 13.0. The van der Waals surface area contributed by atoms with Gasteiger partial charge in [0.15, 0.2) is 5.82 Å². The molecule has 5 nitrogen and oxygen atoms in total. The molecule has 1 heterocycles. The van der Waals surface area contributed by atoms with Gasteiger partial charge >= 0.3 is 0 Å². The van der Waals surface area contributed by atoms with Crippen molar-refractivity contribution in [3.8, 4) is 11.4 Å². The maximum Gasteiger partial charge on any atom is 0.230 e. The summed E-state index contributed by atoms with van der Waals surface area (Å²) >= 11 is 1.26. The molecule has 2 aromatic carbocycles. The van der Waals surface area contributed by atoms with E-state index in [0.717, 1.165) is 11.1 Å². The van der Waals surface area contributed by atoms with E-state index < -0.39 is 0 Å². The summed E-state index contributed by atoms with van der Waals surface area (Å²) in [5.74, 6) is 0.453. The Bertz CT molecular complexity index is 877. The van der Waals surface area contributed by atoms with Gasteiger partial charge in [0, 0.05) is 5.56 Å². The van der Waals surface area contributed by atoms with E-state index in [1.54, 1.807) is 12.1 Å². The Balaban J connectivity index is 1.53. The van der Waals surface area contributed by atoms with Gasteiger partial charge in [0.25, 0.3) is 0 Å². The van der Waals surface area contributed by atoms with Gasteiger partial charge in [-0.25, -0.2) is 9.37 Å². The summed E-state index contributed by atoms with van der Waals surface area (Å²) in [6.07, 6.45) is 0. The molecule has 3 rings (SSSR count). The van der Waals surface area contributed by atoms with Crippen LogP contribution in [0.2, 0.25) is 0 Å². The lowest BCUT2D eigenvalue weighted by atomic mass is 10.1. The highest BCUT2D eigenvalue weighted by atomic mass is 32.2. The van der Waals surface area contributed by atoms with Crippen LogP contribution in [0.25, 0.3) is 11.4 Å². The molecule has 0 radical (unpaired) electrons. The second-order valence-electron chi connectivity index (χ2n) is 5.96. The minimum absolute atomic E-state index is 0.131. The molecule has 1 aromatic heterocycles. The molecule has 0 aliphatic carbocycles. The van der Waals surface area contributed by atoms with Crippen LogP contribution in [0.1, 0.15) is 24.1 Å². The molecule has 0 bridgehead atoms. The van der Waals surface area contributed by atoms with Gasteiger partial charge in [-0.3, -0.25) is 9.89 Å². The Morgan fingerprint density at radius 3 is 2.58 bits per heavy atom. The lowest BCUT2D eigenvalue weighted by Gasteiger charge is -2.13. The van der Waals surface area contributed by atoms with Crippen molar-refractivity contribution in [1.29, 1.82) is 0 Å². The van der Waals surface area contributed by atoms with Crippen molar-refractivity contribution in [2.75, 3.05) is 5.75 Å². The van der Waals surface area contributed by atoms with Crippen LogP contribution in [0.5, 0.6) is 0 Å². The number of hydrogen-bond donors (Lipinski definition) is 2. The van der Waals surface area contributed by atoms with Crippen molar-refractivity contribution < 1.29 is 9.18 Å². The van der Waals surface area contributed by atoms with E-state index in [0.29, 0.717) is 11.0 Å². The monoisotopic (exact) mass is 370 g/mol. The Kier molecular flexibility index (Phi) is 5.68. The smallest absolute Gasteiger partial charge is 0.230 e. The number of aryl methyl sites for hydroxylation is 1. The van der Waals surface area contributed by atoms with E-state index in [-0.39, 0.29) is 23.5 Å². The first-order valence-electron chi connectivity index (χ1n) is 8.18. The molecule has 0 saturated carbocycles. The molecule has 0 aliphatic heterocycles. The first-order valence-corrected chi connectivity index (χ1v) is 9.17. The maximum atomic E-state index is 13.0. The first-order chi connectivity index (χ1) is 12.5. The number of carbonyl (C=O) groups excluding carboxylic acids is 1. The van der Waals surface area contributed by atoms with Crippen molar-refractivity contribution >= 4 is 17.7 Å².